The number of allylic oxidation sites excluding steroid dienone is 1. The zero-order valence-electron chi connectivity index (χ0n) is 11.2. The van der Waals surface area contributed by atoms with Gasteiger partial charge >= 0.3 is 10.4 Å². The Morgan fingerprint density at radius 3 is 2.17 bits per heavy atom. The van der Waals surface area contributed by atoms with Crippen LogP contribution < -0.4 is 5.73 Å². The van der Waals surface area contributed by atoms with Crippen molar-refractivity contribution >= 4 is 16.3 Å². The lowest BCUT2D eigenvalue weighted by molar-refractivity contribution is -0.114. The maximum Gasteiger partial charge on any atom is 0.397 e. The molecule has 0 aromatic rings. The van der Waals surface area contributed by atoms with Crippen molar-refractivity contribution in [3.05, 3.63) is 11.6 Å². The van der Waals surface area contributed by atoms with Crippen LogP contribution in [0.15, 0.2) is 11.6 Å². The molecule has 0 atom stereocenters. The molecule has 0 aliphatic rings. The largest absolute Gasteiger partial charge is 0.397 e. The van der Waals surface area contributed by atoms with Crippen LogP contribution in [0.3, 0.4) is 0 Å². The molecule has 0 aliphatic heterocycles. The molecule has 18 heavy (non-hydrogen) atoms. The molecule has 0 spiro atoms. The normalized spacial score (nSPS) is 12.0. The second kappa shape index (κ2) is 10.0. The molecule has 108 valence electrons. The van der Waals surface area contributed by atoms with E-state index in [9.17, 15) is 13.2 Å². The Morgan fingerprint density at radius 1 is 1.44 bits per heavy atom. The lowest BCUT2D eigenvalue weighted by Crippen LogP contribution is -2.13. The van der Waals surface area contributed by atoms with Gasteiger partial charge in [-0.1, -0.05) is 6.08 Å². The van der Waals surface area contributed by atoms with E-state index < -0.39 is 10.4 Å². The minimum absolute atomic E-state index is 0.320. The number of amides is 1. The van der Waals surface area contributed by atoms with Gasteiger partial charge in [0.1, 0.15) is 0 Å². The SMILES string of the molecule is CC(=CCCCN(C)C)C(N)=O.COS(=O)(=O)O. The summed E-state index contributed by atoms with van der Waals surface area (Å²) in [6.07, 6.45) is 3.89. The maximum absolute atomic E-state index is 10.6. The number of primary amides is 1. The lowest BCUT2D eigenvalue weighted by Gasteiger charge is -2.06. The zero-order chi connectivity index (χ0) is 14.8. The molecule has 0 heterocycles. The molecule has 8 heteroatoms. The number of unbranched alkanes of at least 4 members (excludes halogenated alkanes) is 1. The highest BCUT2D eigenvalue weighted by Crippen LogP contribution is 1.97. The number of rotatable bonds is 6. The molecule has 3 N–H and O–H groups in total. The van der Waals surface area contributed by atoms with E-state index in [2.05, 4.69) is 9.08 Å². The summed E-state index contributed by atoms with van der Waals surface area (Å²) in [4.78, 5) is 12.7. The van der Waals surface area contributed by atoms with E-state index in [0.717, 1.165) is 26.5 Å². The summed E-state index contributed by atoms with van der Waals surface area (Å²) < 4.78 is 29.7. The highest BCUT2D eigenvalue weighted by molar-refractivity contribution is 7.80. The first-order chi connectivity index (χ1) is 8.10. The minimum atomic E-state index is -4.16. The fraction of sp³-hybridized carbons (Fsp3) is 0.700. The highest BCUT2D eigenvalue weighted by Gasteiger charge is 1.95. The molecule has 1 amide bonds. The van der Waals surface area contributed by atoms with Crippen molar-refractivity contribution in [2.75, 3.05) is 27.7 Å². The van der Waals surface area contributed by atoms with Crippen LogP contribution in [0.5, 0.6) is 0 Å². The number of nitrogens with two attached hydrogens (primary N) is 1. The first-order valence-corrected chi connectivity index (χ1v) is 6.61. The molecule has 0 aliphatic carbocycles. The van der Waals surface area contributed by atoms with Crippen molar-refractivity contribution in [3.63, 3.8) is 0 Å². The molecule has 0 saturated heterocycles. The summed E-state index contributed by atoms with van der Waals surface area (Å²) >= 11 is 0. The van der Waals surface area contributed by atoms with Crippen LogP contribution >= 0.6 is 0 Å². The second-order valence-corrected chi connectivity index (χ2v) is 4.98. The zero-order valence-corrected chi connectivity index (χ0v) is 12.0. The summed E-state index contributed by atoms with van der Waals surface area (Å²) in [5.41, 5.74) is 5.72. The monoisotopic (exact) mass is 282 g/mol. The van der Waals surface area contributed by atoms with Crippen LogP contribution in [-0.4, -0.2) is 51.5 Å². The smallest absolute Gasteiger partial charge is 0.366 e. The molecule has 7 nitrogen and oxygen atoms in total. The Bertz CT molecular complexity index is 362. The van der Waals surface area contributed by atoms with Crippen molar-refractivity contribution in [1.82, 2.24) is 4.90 Å². The van der Waals surface area contributed by atoms with Gasteiger partial charge in [0, 0.05) is 5.57 Å². The highest BCUT2D eigenvalue weighted by atomic mass is 32.3. The quantitative estimate of drug-likeness (QED) is 0.409. The van der Waals surface area contributed by atoms with Gasteiger partial charge in [-0.05, 0) is 40.4 Å². The number of hydrogen-bond acceptors (Lipinski definition) is 5. The molecule has 0 saturated carbocycles. The van der Waals surface area contributed by atoms with Crippen LogP contribution in [0.1, 0.15) is 19.8 Å². The first-order valence-electron chi connectivity index (χ1n) is 5.24. The molecule has 0 aromatic carbocycles. The molecule has 0 bridgehead atoms. The molecule has 0 rings (SSSR count). The van der Waals surface area contributed by atoms with E-state index in [-0.39, 0.29) is 5.91 Å². The third kappa shape index (κ3) is 17.4. The summed E-state index contributed by atoms with van der Waals surface area (Å²) in [6, 6.07) is 0. The van der Waals surface area contributed by atoms with E-state index in [1.54, 1.807) is 6.92 Å². The molecule has 0 unspecified atom stereocenters. The van der Waals surface area contributed by atoms with Gasteiger partial charge in [0.05, 0.1) is 7.11 Å². The van der Waals surface area contributed by atoms with Gasteiger partial charge in [-0.15, -0.1) is 0 Å². The van der Waals surface area contributed by atoms with Gasteiger partial charge in [0.25, 0.3) is 0 Å². The van der Waals surface area contributed by atoms with Gasteiger partial charge in [0.2, 0.25) is 5.91 Å². The van der Waals surface area contributed by atoms with Crippen molar-refractivity contribution < 1.29 is 21.9 Å². The fourth-order valence-electron chi connectivity index (χ4n) is 0.827. The summed E-state index contributed by atoms with van der Waals surface area (Å²) in [5, 5.41) is 0. The van der Waals surface area contributed by atoms with Gasteiger partial charge in [-0.2, -0.15) is 8.42 Å². The first kappa shape index (κ1) is 19.4. The molecule has 0 radical (unpaired) electrons. The average Bonchev–Trinajstić information content (AvgIpc) is 2.23. The Kier molecular flexibility index (Phi) is 10.8. The average molecular weight is 282 g/mol. The van der Waals surface area contributed by atoms with Crippen molar-refractivity contribution in [1.29, 1.82) is 0 Å². The van der Waals surface area contributed by atoms with E-state index in [4.69, 9.17) is 10.3 Å². The van der Waals surface area contributed by atoms with Gasteiger partial charge in [0.15, 0.2) is 0 Å². The number of nitrogens with zero attached hydrogens (tertiary/aromatic N) is 1. The standard InChI is InChI=1S/C9H18N2O.CH4O4S/c1-8(9(10)12)6-4-5-7-11(2)3;1-5-6(2,3)4/h6H,4-5,7H2,1-3H3,(H2,10,12);1H3,(H,2,3,4). The van der Waals surface area contributed by atoms with E-state index in [0.29, 0.717) is 5.57 Å². The van der Waals surface area contributed by atoms with Crippen molar-refractivity contribution in [3.8, 4) is 0 Å². The van der Waals surface area contributed by atoms with Crippen LogP contribution in [0, 0.1) is 0 Å². The predicted molar refractivity (Wildman–Crippen MR) is 69.3 cm³/mol. The van der Waals surface area contributed by atoms with E-state index in [1.165, 1.54) is 0 Å². The van der Waals surface area contributed by atoms with Gasteiger partial charge in [-0.3, -0.25) is 13.5 Å². The van der Waals surface area contributed by atoms with Gasteiger partial charge < -0.3 is 10.6 Å². The number of hydrogen-bond donors (Lipinski definition) is 2. The minimum Gasteiger partial charge on any atom is -0.366 e. The van der Waals surface area contributed by atoms with E-state index >= 15 is 0 Å². The Hall–Kier alpha value is -0.960. The van der Waals surface area contributed by atoms with Gasteiger partial charge in [-0.25, -0.2) is 0 Å². The van der Waals surface area contributed by atoms with Crippen LogP contribution in [-0.2, 0) is 19.4 Å². The predicted octanol–water partition coefficient (Wildman–Crippen LogP) is 0.195. The van der Waals surface area contributed by atoms with Crippen LogP contribution in [0.2, 0.25) is 0 Å². The second-order valence-electron chi connectivity index (χ2n) is 3.79. The summed E-state index contributed by atoms with van der Waals surface area (Å²) in [6.45, 7) is 2.79. The Labute approximate surface area is 109 Å². The molecule has 0 aromatic heterocycles. The molecular weight excluding hydrogens is 260 g/mol. The third-order valence-electron chi connectivity index (χ3n) is 1.86. The molecular formula is C10H22N2O5S. The Morgan fingerprint density at radius 2 is 1.89 bits per heavy atom. The lowest BCUT2D eigenvalue weighted by atomic mass is 10.2. The Balaban J connectivity index is 0. The number of carbonyl (C=O) groups excluding carboxylic acids is 1. The summed E-state index contributed by atoms with van der Waals surface area (Å²) in [7, 11) is 0.773. The maximum atomic E-state index is 10.6. The molecule has 0 fully saturated rings. The van der Waals surface area contributed by atoms with E-state index in [1.807, 2.05) is 20.2 Å². The van der Waals surface area contributed by atoms with Crippen LogP contribution in [0.25, 0.3) is 0 Å². The van der Waals surface area contributed by atoms with Crippen LogP contribution in [0.4, 0.5) is 0 Å². The fourth-order valence-corrected chi connectivity index (χ4v) is 0.827. The number of carbonyl (C=O) groups is 1. The van der Waals surface area contributed by atoms with Crippen molar-refractivity contribution in [2.45, 2.75) is 19.8 Å². The van der Waals surface area contributed by atoms with Crippen molar-refractivity contribution in [2.24, 2.45) is 5.73 Å². The third-order valence-corrected chi connectivity index (χ3v) is 2.28. The topological polar surface area (TPSA) is 110 Å². The summed E-state index contributed by atoms with van der Waals surface area (Å²) in [5.74, 6) is -0.320.